The molecule has 0 radical (unpaired) electrons. The fourth-order valence-electron chi connectivity index (χ4n) is 1.42. The van der Waals surface area contributed by atoms with Gasteiger partial charge in [0.2, 0.25) is 0 Å². The average molecular weight is 265 g/mol. The lowest BCUT2D eigenvalue weighted by Crippen LogP contribution is -2.23. The van der Waals surface area contributed by atoms with Gasteiger partial charge >= 0.3 is 0 Å². The van der Waals surface area contributed by atoms with Crippen LogP contribution in [0.1, 0.15) is 21.1 Å². The van der Waals surface area contributed by atoms with Crippen LogP contribution in [0, 0.1) is 5.82 Å². The van der Waals surface area contributed by atoms with Gasteiger partial charge in [0.1, 0.15) is 16.5 Å². The summed E-state index contributed by atoms with van der Waals surface area (Å²) in [5, 5.41) is 4.96. The maximum Gasteiger partial charge on any atom is 0.271 e. The lowest BCUT2D eigenvalue weighted by Gasteiger charge is -2.04. The highest BCUT2D eigenvalue weighted by molar-refractivity contribution is 7.09. The van der Waals surface area contributed by atoms with Crippen molar-refractivity contribution < 1.29 is 9.18 Å². The number of hydrogen-bond donors (Lipinski definition) is 2. The van der Waals surface area contributed by atoms with Gasteiger partial charge in [-0.3, -0.25) is 4.79 Å². The van der Waals surface area contributed by atoms with Crippen LogP contribution in [0.4, 0.5) is 4.39 Å². The molecule has 0 unspecified atom stereocenters. The Kier molecular flexibility index (Phi) is 4.01. The van der Waals surface area contributed by atoms with Crippen molar-refractivity contribution in [2.75, 3.05) is 0 Å². The molecule has 3 N–H and O–H groups in total. The Labute approximate surface area is 108 Å². The Bertz CT molecular complexity index is 556. The highest BCUT2D eigenvalue weighted by Gasteiger charge is 2.10. The van der Waals surface area contributed by atoms with E-state index in [0.29, 0.717) is 22.8 Å². The molecule has 0 spiro atoms. The molecule has 0 bridgehead atoms. The number of rotatable bonds is 4. The van der Waals surface area contributed by atoms with Gasteiger partial charge < -0.3 is 11.1 Å². The normalized spacial score (nSPS) is 10.3. The zero-order chi connectivity index (χ0) is 13.0. The van der Waals surface area contributed by atoms with Crippen LogP contribution in [0.3, 0.4) is 0 Å². The van der Waals surface area contributed by atoms with Gasteiger partial charge in [-0.25, -0.2) is 9.37 Å². The summed E-state index contributed by atoms with van der Waals surface area (Å²) in [4.78, 5) is 15.8. The summed E-state index contributed by atoms with van der Waals surface area (Å²) < 4.78 is 13.3. The van der Waals surface area contributed by atoms with Crippen LogP contribution in [0.25, 0.3) is 0 Å². The van der Waals surface area contributed by atoms with Crippen LogP contribution in [-0.4, -0.2) is 10.9 Å². The van der Waals surface area contributed by atoms with Gasteiger partial charge in [-0.1, -0.05) is 18.2 Å². The monoisotopic (exact) mass is 265 g/mol. The smallest absolute Gasteiger partial charge is 0.271 e. The molecule has 4 nitrogen and oxygen atoms in total. The highest BCUT2D eigenvalue weighted by atomic mass is 32.1. The molecule has 2 aromatic rings. The van der Waals surface area contributed by atoms with Crippen molar-refractivity contribution >= 4 is 17.2 Å². The van der Waals surface area contributed by atoms with Gasteiger partial charge in [-0.05, 0) is 6.07 Å². The van der Waals surface area contributed by atoms with Crippen LogP contribution >= 0.6 is 11.3 Å². The predicted molar refractivity (Wildman–Crippen MR) is 67.6 cm³/mol. The van der Waals surface area contributed by atoms with Gasteiger partial charge in [0.25, 0.3) is 5.91 Å². The number of halogens is 1. The molecule has 0 aliphatic carbocycles. The third-order valence-corrected chi connectivity index (χ3v) is 3.23. The predicted octanol–water partition coefficient (Wildman–Crippen LogP) is 1.67. The number of thiazole rings is 1. The molecule has 0 atom stereocenters. The van der Waals surface area contributed by atoms with E-state index in [1.54, 1.807) is 23.6 Å². The van der Waals surface area contributed by atoms with Gasteiger partial charge in [0, 0.05) is 24.0 Å². The van der Waals surface area contributed by atoms with Crippen LogP contribution in [-0.2, 0) is 13.1 Å². The van der Waals surface area contributed by atoms with Gasteiger partial charge in [-0.2, -0.15) is 0 Å². The molecule has 0 aliphatic rings. The molecule has 2 rings (SSSR count). The number of nitrogens with one attached hydrogen (secondary N) is 1. The molecular formula is C12H12FN3OS. The molecule has 18 heavy (non-hydrogen) atoms. The highest BCUT2D eigenvalue weighted by Crippen LogP contribution is 2.10. The molecule has 0 saturated carbocycles. The number of nitrogens with two attached hydrogens (primary N) is 1. The van der Waals surface area contributed by atoms with Gasteiger partial charge in [-0.15, -0.1) is 11.3 Å². The van der Waals surface area contributed by atoms with Crippen LogP contribution in [0.15, 0.2) is 29.6 Å². The summed E-state index contributed by atoms with van der Waals surface area (Å²) in [5.41, 5.74) is 6.18. The number of nitrogens with zero attached hydrogens (tertiary/aromatic N) is 1. The second kappa shape index (κ2) is 5.70. The summed E-state index contributed by atoms with van der Waals surface area (Å²) >= 11 is 1.33. The van der Waals surface area contributed by atoms with E-state index in [2.05, 4.69) is 10.3 Å². The number of carbonyl (C=O) groups is 1. The fourth-order valence-corrected chi connectivity index (χ4v) is 2.07. The minimum absolute atomic E-state index is 0.140. The Morgan fingerprint density at radius 1 is 1.44 bits per heavy atom. The average Bonchev–Trinajstić information content (AvgIpc) is 2.86. The van der Waals surface area contributed by atoms with Crippen molar-refractivity contribution in [2.45, 2.75) is 13.1 Å². The topological polar surface area (TPSA) is 68.0 Å². The molecule has 1 aromatic heterocycles. The molecule has 6 heteroatoms. The minimum atomic E-state index is -0.335. The zero-order valence-corrected chi connectivity index (χ0v) is 10.3. The third kappa shape index (κ3) is 2.91. The molecule has 0 saturated heterocycles. The number of hydrogen-bond acceptors (Lipinski definition) is 4. The Hall–Kier alpha value is -1.79. The van der Waals surface area contributed by atoms with Crippen LogP contribution < -0.4 is 11.1 Å². The third-order valence-electron chi connectivity index (χ3n) is 2.36. The molecular weight excluding hydrogens is 253 g/mol. The first-order chi connectivity index (χ1) is 8.70. The van der Waals surface area contributed by atoms with Gasteiger partial charge in [0.15, 0.2) is 0 Å². The molecule has 0 fully saturated rings. The quantitative estimate of drug-likeness (QED) is 0.883. The summed E-state index contributed by atoms with van der Waals surface area (Å²) in [6, 6.07) is 6.31. The van der Waals surface area contributed by atoms with Crippen LogP contribution in [0.2, 0.25) is 0 Å². The van der Waals surface area contributed by atoms with Crippen molar-refractivity contribution in [1.29, 1.82) is 0 Å². The number of carbonyl (C=O) groups excluding carboxylic acids is 1. The first-order valence-corrected chi connectivity index (χ1v) is 6.24. The minimum Gasteiger partial charge on any atom is -0.346 e. The van der Waals surface area contributed by atoms with Crippen molar-refractivity contribution in [1.82, 2.24) is 10.3 Å². The van der Waals surface area contributed by atoms with E-state index in [-0.39, 0.29) is 18.3 Å². The molecule has 94 valence electrons. The van der Waals surface area contributed by atoms with E-state index >= 15 is 0 Å². The van der Waals surface area contributed by atoms with E-state index in [1.165, 1.54) is 17.4 Å². The second-order valence-electron chi connectivity index (χ2n) is 3.60. The van der Waals surface area contributed by atoms with Crippen molar-refractivity contribution in [3.05, 3.63) is 51.7 Å². The Morgan fingerprint density at radius 3 is 2.89 bits per heavy atom. The number of benzene rings is 1. The molecule has 1 amide bonds. The summed E-state index contributed by atoms with van der Waals surface area (Å²) in [6.45, 7) is 0.451. The zero-order valence-electron chi connectivity index (χ0n) is 9.52. The van der Waals surface area contributed by atoms with Crippen LogP contribution in [0.5, 0.6) is 0 Å². The van der Waals surface area contributed by atoms with Crippen molar-refractivity contribution in [3.63, 3.8) is 0 Å². The Balaban J connectivity index is 1.98. The largest absolute Gasteiger partial charge is 0.346 e. The lowest BCUT2D eigenvalue weighted by atomic mass is 10.2. The Morgan fingerprint density at radius 2 is 2.22 bits per heavy atom. The van der Waals surface area contributed by atoms with E-state index in [1.807, 2.05) is 0 Å². The van der Waals surface area contributed by atoms with E-state index in [4.69, 9.17) is 5.73 Å². The fraction of sp³-hybridized carbons (Fsp3) is 0.167. The van der Waals surface area contributed by atoms with Crippen molar-refractivity contribution in [3.8, 4) is 0 Å². The maximum absolute atomic E-state index is 13.3. The molecule has 1 aromatic carbocycles. The first-order valence-electron chi connectivity index (χ1n) is 5.37. The van der Waals surface area contributed by atoms with Crippen molar-refractivity contribution in [2.24, 2.45) is 5.73 Å². The van der Waals surface area contributed by atoms with E-state index in [0.717, 1.165) is 0 Å². The molecule has 0 aliphatic heterocycles. The molecule has 1 heterocycles. The number of amides is 1. The number of aromatic nitrogens is 1. The SMILES string of the molecule is NCc1nc(C(=O)NCc2ccccc2F)cs1. The lowest BCUT2D eigenvalue weighted by molar-refractivity contribution is 0.0946. The first kappa shape index (κ1) is 12.7. The standard InChI is InChI=1S/C12H12FN3OS/c13-9-4-2-1-3-8(9)6-15-12(17)10-7-18-11(5-14)16-10/h1-4,7H,5-6,14H2,(H,15,17). The van der Waals surface area contributed by atoms with E-state index in [9.17, 15) is 9.18 Å². The van der Waals surface area contributed by atoms with E-state index < -0.39 is 0 Å². The summed E-state index contributed by atoms with van der Waals surface area (Å²) in [7, 11) is 0. The second-order valence-corrected chi connectivity index (χ2v) is 4.55. The maximum atomic E-state index is 13.3. The van der Waals surface area contributed by atoms with Gasteiger partial charge in [0.05, 0.1) is 0 Å². The summed E-state index contributed by atoms with van der Waals surface area (Å²) in [6.07, 6.45) is 0. The summed E-state index contributed by atoms with van der Waals surface area (Å²) in [5.74, 6) is -0.659.